The van der Waals surface area contributed by atoms with Crippen molar-refractivity contribution in [3.8, 4) is 23.0 Å². The summed E-state index contributed by atoms with van der Waals surface area (Å²) in [4.78, 5) is 37.3. The third-order valence-corrected chi connectivity index (χ3v) is 15.1. The number of phosphoric acid groups is 1. The Morgan fingerprint density at radius 1 is 1.00 bits per heavy atom. The number of alkyl halides is 8. The minimum Gasteiger partial charge on any atom is -0.346 e. The van der Waals surface area contributed by atoms with E-state index >= 15 is 8.78 Å². The number of sulfonamides is 1. The van der Waals surface area contributed by atoms with Gasteiger partial charge in [-0.1, -0.05) is 23.6 Å². The zero-order valence-electron chi connectivity index (χ0n) is 36.2. The van der Waals surface area contributed by atoms with Gasteiger partial charge in [-0.25, -0.2) is 39.5 Å². The second-order valence-corrected chi connectivity index (χ2v) is 23.0. The largest absolute Gasteiger partial charge is 0.471 e. The fourth-order valence-electron chi connectivity index (χ4n) is 7.87. The van der Waals surface area contributed by atoms with Crippen LogP contribution in [0.4, 0.5) is 49.7 Å². The van der Waals surface area contributed by atoms with Crippen LogP contribution in [0.5, 0.6) is 0 Å². The lowest BCUT2D eigenvalue weighted by Crippen LogP contribution is -2.35. The summed E-state index contributed by atoms with van der Waals surface area (Å²) in [6.45, 7) is -2.41. The summed E-state index contributed by atoms with van der Waals surface area (Å²) in [6.07, 6.45) is -10.0. The monoisotopic (exact) mass is 1080 g/mol. The minimum atomic E-state index is -5.48. The molecule has 7 rings (SSSR count). The number of nitrogens with one attached hydrogen (secondary N) is 1. The zero-order chi connectivity index (χ0) is 52.1. The number of aromatic nitrogens is 5. The highest BCUT2D eigenvalue weighted by atomic mass is 35.5. The summed E-state index contributed by atoms with van der Waals surface area (Å²) < 4.78 is 212. The third-order valence-electron chi connectivity index (χ3n) is 11.3. The smallest absolute Gasteiger partial charge is 0.346 e. The first-order chi connectivity index (χ1) is 32.0. The van der Waals surface area contributed by atoms with Gasteiger partial charge in [-0.05, 0) is 74.4 Å². The van der Waals surface area contributed by atoms with Gasteiger partial charge in [-0.3, -0.25) is 18.7 Å². The number of carbonyl (C=O) groups excluding carboxylic acids is 1. The van der Waals surface area contributed by atoms with Gasteiger partial charge in [0.2, 0.25) is 15.9 Å². The van der Waals surface area contributed by atoms with Crippen molar-refractivity contribution in [3.05, 3.63) is 93.0 Å². The molecule has 1 amide bonds. The van der Waals surface area contributed by atoms with E-state index in [-0.39, 0.29) is 36.9 Å². The van der Waals surface area contributed by atoms with E-state index in [1.54, 1.807) is 0 Å². The van der Waals surface area contributed by atoms with Crippen molar-refractivity contribution in [3.63, 3.8) is 0 Å². The normalized spacial score (nSPS) is 17.4. The first kappa shape index (κ1) is 52.5. The maximum Gasteiger partial charge on any atom is 0.471 e. The number of hydrogen-bond donors (Lipinski definition) is 3. The first-order valence-corrected chi connectivity index (χ1v) is 25.6. The van der Waals surface area contributed by atoms with Crippen molar-refractivity contribution in [2.75, 3.05) is 23.5 Å². The fourth-order valence-corrected chi connectivity index (χ4v) is 9.38. The number of halogens is 11. The number of amides is 1. The molecule has 0 saturated heterocycles. The van der Waals surface area contributed by atoms with Crippen LogP contribution < -0.4 is 9.62 Å². The maximum atomic E-state index is 15.5. The van der Waals surface area contributed by atoms with E-state index in [2.05, 4.69) is 36.9 Å². The molecule has 1 fully saturated rings. The second-order valence-electron chi connectivity index (χ2n) is 16.9. The van der Waals surface area contributed by atoms with Crippen molar-refractivity contribution in [1.82, 2.24) is 29.9 Å². The highest BCUT2D eigenvalue weighted by Gasteiger charge is 2.68. The van der Waals surface area contributed by atoms with E-state index in [9.17, 15) is 71.1 Å². The van der Waals surface area contributed by atoms with Crippen LogP contribution in [0.25, 0.3) is 22.0 Å². The molecule has 0 spiro atoms. The number of benzene rings is 2. The maximum absolute atomic E-state index is 15.5. The topological polar surface area (TPSA) is 216 Å². The molecular weight excluding hydrogens is 1040 g/mol. The summed E-state index contributed by atoms with van der Waals surface area (Å²) in [5.74, 6) is -6.16. The molecule has 30 heteroatoms. The van der Waals surface area contributed by atoms with Crippen LogP contribution in [0.3, 0.4) is 0 Å². The molecule has 3 atom stereocenters. The Hall–Kier alpha value is -5.30. The van der Waals surface area contributed by atoms with Gasteiger partial charge in [0.1, 0.15) is 47.6 Å². The Kier molecular flexibility index (Phi) is 13.3. The molecule has 16 nitrogen and oxygen atoms in total. The summed E-state index contributed by atoms with van der Waals surface area (Å²) in [7, 11) is -14.2. The first-order valence-electron chi connectivity index (χ1n) is 19.9. The van der Waals surface area contributed by atoms with Crippen LogP contribution in [0.15, 0.2) is 42.5 Å². The van der Waals surface area contributed by atoms with Gasteiger partial charge in [0, 0.05) is 34.9 Å². The second kappa shape index (κ2) is 17.8. The molecule has 2 aliphatic rings. The molecule has 0 bridgehead atoms. The van der Waals surface area contributed by atoms with Crippen LogP contribution in [0.1, 0.15) is 66.1 Å². The lowest BCUT2D eigenvalue weighted by atomic mass is 9.93. The van der Waals surface area contributed by atoms with Crippen LogP contribution in [-0.2, 0) is 65.4 Å². The van der Waals surface area contributed by atoms with Gasteiger partial charge < -0.3 is 15.1 Å². The van der Waals surface area contributed by atoms with Crippen LogP contribution >= 0.6 is 19.4 Å². The molecule has 5 aromatic rings. The third kappa shape index (κ3) is 10.8. The quantitative estimate of drug-likeness (QED) is 0.0439. The van der Waals surface area contributed by atoms with Gasteiger partial charge in [0.25, 0.3) is 5.92 Å². The van der Waals surface area contributed by atoms with Gasteiger partial charge in [0.15, 0.2) is 21.3 Å². The number of hydrogen-bond acceptors (Lipinski definition) is 10. The molecule has 3 aromatic heterocycles. The van der Waals surface area contributed by atoms with Gasteiger partial charge in [-0.15, -0.1) is 0 Å². The number of sulfone groups is 1. The lowest BCUT2D eigenvalue weighted by Gasteiger charge is -2.23. The standard InChI is InChI=1S/C40H35ClF10N7O9PS2/c1-37(2,69(3,63)64)10-9-22-5-6-23(24-7-8-27(41)31-33(24)57(17-38(44,45)46)55-36(31)58(70(4,65)66)18-67-68(60,61)62)32(52-22)28(13-19-11-20(42)14-21(43)12-19)53-29(59)16-56-35-30(34(54-56)40(49,50)51)25-15-26(25)39(35,47)48/h5-8,11-12,14,25-26,28H,13,15-18H2,1-4H3,(H,53,59)(H2,60,61,62)/t25?,26-,28+/m1/s1. The summed E-state index contributed by atoms with van der Waals surface area (Å²) in [6, 6.07) is 4.55. The molecule has 0 radical (unpaired) electrons. The van der Waals surface area contributed by atoms with E-state index in [1.165, 1.54) is 13.8 Å². The molecule has 3 heterocycles. The summed E-state index contributed by atoms with van der Waals surface area (Å²) >= 11 is 6.53. The number of phosphoric ester groups is 1. The van der Waals surface area contributed by atoms with E-state index < -0.39 is 162 Å². The molecule has 1 saturated carbocycles. The van der Waals surface area contributed by atoms with Crippen molar-refractivity contribution < 1.29 is 84.4 Å². The van der Waals surface area contributed by atoms with E-state index in [4.69, 9.17) is 11.6 Å². The van der Waals surface area contributed by atoms with Crippen molar-refractivity contribution in [1.29, 1.82) is 0 Å². The molecule has 1 unspecified atom stereocenters. The predicted octanol–water partition coefficient (Wildman–Crippen LogP) is 7.12. The number of fused-ring (bicyclic) bond motifs is 4. The Morgan fingerprint density at radius 3 is 2.20 bits per heavy atom. The molecular formula is C40H35ClF10N7O9PS2. The Labute approximate surface area is 395 Å². The van der Waals surface area contributed by atoms with Crippen LogP contribution in [0.2, 0.25) is 5.02 Å². The average Bonchev–Trinajstić information content (AvgIpc) is 3.70. The number of nitrogens with zero attached hydrogens (tertiary/aromatic N) is 6. The number of carbonyl (C=O) groups is 1. The average molecular weight is 1080 g/mol. The molecule has 2 aliphatic carbocycles. The van der Waals surface area contributed by atoms with Crippen LogP contribution in [-0.4, -0.2) is 87.2 Å². The molecule has 378 valence electrons. The Morgan fingerprint density at radius 2 is 1.63 bits per heavy atom. The predicted molar refractivity (Wildman–Crippen MR) is 228 cm³/mol. The highest BCUT2D eigenvalue weighted by molar-refractivity contribution is 7.92. The van der Waals surface area contributed by atoms with Crippen LogP contribution in [0, 0.1) is 29.4 Å². The van der Waals surface area contributed by atoms with E-state index in [0.717, 1.165) is 42.7 Å². The Bertz CT molecular complexity index is 3290. The number of rotatable bonds is 14. The fraction of sp³-hybridized carbons (Fsp3) is 0.400. The van der Waals surface area contributed by atoms with Gasteiger partial charge >= 0.3 is 20.2 Å². The minimum absolute atomic E-state index is 0.0864. The molecule has 3 N–H and O–H groups in total. The van der Waals surface area contributed by atoms with E-state index in [0.29, 0.717) is 12.3 Å². The molecule has 2 aromatic carbocycles. The number of anilines is 1. The number of pyridine rings is 1. The van der Waals surface area contributed by atoms with Crippen molar-refractivity contribution in [2.24, 2.45) is 5.92 Å². The zero-order valence-corrected chi connectivity index (χ0v) is 39.4. The molecule has 70 heavy (non-hydrogen) atoms. The molecule has 0 aliphatic heterocycles. The van der Waals surface area contributed by atoms with Crippen molar-refractivity contribution in [2.45, 2.75) is 74.8 Å². The Balaban J connectivity index is 1.48. The SMILES string of the molecule is CC(C)(C#Cc1ccc(-c2ccc(Cl)c3c(N(COP(=O)(O)O)S(C)(=O)=O)nn(CC(F)(F)F)c23)c([C@H](Cc2cc(F)cc(F)c2)NC(=O)Cn2nc(C(F)(F)F)c3c2C(F)(F)[C@@H]2CC32)n1)S(C)(=O)=O. The summed E-state index contributed by atoms with van der Waals surface area (Å²) in [5.41, 5.74) is -6.10. The van der Waals surface area contributed by atoms with E-state index in [1.807, 2.05) is 0 Å². The van der Waals surface area contributed by atoms with Gasteiger partial charge in [-0.2, -0.15) is 45.3 Å². The van der Waals surface area contributed by atoms with Gasteiger partial charge in [0.05, 0.1) is 33.9 Å². The lowest BCUT2D eigenvalue weighted by molar-refractivity contribution is -0.143. The highest BCUT2D eigenvalue weighted by Crippen LogP contribution is 2.68. The summed E-state index contributed by atoms with van der Waals surface area (Å²) in [5, 5.41) is 8.45. The van der Waals surface area contributed by atoms with Crippen molar-refractivity contribution >= 4 is 61.9 Å².